The van der Waals surface area contributed by atoms with Crippen molar-refractivity contribution >= 4 is 34.3 Å². The van der Waals surface area contributed by atoms with Crippen LogP contribution in [0, 0.1) is 5.92 Å². The van der Waals surface area contributed by atoms with Crippen LogP contribution in [-0.4, -0.2) is 45.9 Å². The number of carbonyl (C=O) groups is 2. The lowest BCUT2D eigenvalue weighted by atomic mass is 9.96. The molecule has 0 bridgehead atoms. The van der Waals surface area contributed by atoms with Gasteiger partial charge in [-0.05, 0) is 48.8 Å². The van der Waals surface area contributed by atoms with Gasteiger partial charge in [0.25, 0.3) is 11.8 Å². The molecular weight excluding hydrogens is 388 g/mol. The number of likely N-dealkylation sites (tertiary alicyclic amines) is 1. The van der Waals surface area contributed by atoms with Crippen molar-refractivity contribution in [3.05, 3.63) is 46.7 Å². The molecule has 0 radical (unpaired) electrons. The number of aromatic nitrogens is 2. The predicted molar refractivity (Wildman–Crippen MR) is 111 cm³/mol. The third-order valence-corrected chi connectivity index (χ3v) is 6.11. The Kier molecular flexibility index (Phi) is 5.89. The minimum absolute atomic E-state index is 0.0661. The highest BCUT2D eigenvalue weighted by molar-refractivity contribution is 7.08. The molecule has 7 nitrogen and oxygen atoms in total. The summed E-state index contributed by atoms with van der Waals surface area (Å²) in [6.45, 7) is 4.00. The summed E-state index contributed by atoms with van der Waals surface area (Å²) in [7, 11) is 0. The second kappa shape index (κ2) is 8.73. The van der Waals surface area contributed by atoms with E-state index in [1.807, 2.05) is 29.2 Å². The smallest absolute Gasteiger partial charge is 0.289 e. The van der Waals surface area contributed by atoms with E-state index in [0.29, 0.717) is 36.2 Å². The van der Waals surface area contributed by atoms with Gasteiger partial charge in [0.05, 0.1) is 5.69 Å². The van der Waals surface area contributed by atoms with Gasteiger partial charge in [0.1, 0.15) is 10.5 Å². The number of para-hydroxylation sites is 1. The second-order valence-electron chi connectivity index (χ2n) is 7.39. The minimum atomic E-state index is -0.0933. The van der Waals surface area contributed by atoms with Crippen LogP contribution < -0.4 is 5.32 Å². The summed E-state index contributed by atoms with van der Waals surface area (Å²) in [6.07, 6.45) is 3.41. The number of carbonyl (C=O) groups excluding carboxylic acids is 2. The number of benzene rings is 1. The van der Waals surface area contributed by atoms with Gasteiger partial charge in [0, 0.05) is 25.0 Å². The van der Waals surface area contributed by atoms with E-state index < -0.39 is 0 Å². The maximum absolute atomic E-state index is 12.7. The molecule has 0 spiro atoms. The van der Waals surface area contributed by atoms with E-state index in [0.717, 1.165) is 53.9 Å². The number of aryl methyl sites for hydroxylation is 1. The number of fused-ring (bicyclic) bond motifs is 1. The maximum Gasteiger partial charge on any atom is 0.289 e. The van der Waals surface area contributed by atoms with Crippen molar-refractivity contribution in [3.8, 4) is 0 Å². The molecule has 1 aliphatic rings. The van der Waals surface area contributed by atoms with Gasteiger partial charge in [-0.2, -0.15) is 0 Å². The minimum Gasteiger partial charge on any atom is -0.451 e. The number of amides is 2. The SMILES string of the molecule is CCCc1nnsc1C(=O)NCC1CCN(C(=O)c2cc3ccccc3o2)CC1. The molecule has 1 saturated heterocycles. The average Bonchev–Trinajstić information content (AvgIpc) is 3.39. The molecule has 1 fully saturated rings. The van der Waals surface area contributed by atoms with Crippen LogP contribution in [0.1, 0.15) is 52.1 Å². The molecule has 29 heavy (non-hydrogen) atoms. The van der Waals surface area contributed by atoms with Gasteiger partial charge in [-0.25, -0.2) is 0 Å². The molecule has 0 aliphatic carbocycles. The summed E-state index contributed by atoms with van der Waals surface area (Å²) < 4.78 is 9.61. The van der Waals surface area contributed by atoms with Crippen molar-refractivity contribution in [2.75, 3.05) is 19.6 Å². The Labute approximate surface area is 173 Å². The van der Waals surface area contributed by atoms with E-state index in [1.54, 1.807) is 6.07 Å². The maximum atomic E-state index is 12.7. The Bertz CT molecular complexity index is 971. The first-order valence-electron chi connectivity index (χ1n) is 10.0. The zero-order chi connectivity index (χ0) is 20.2. The fourth-order valence-electron chi connectivity index (χ4n) is 3.68. The van der Waals surface area contributed by atoms with Crippen LogP contribution in [0.3, 0.4) is 0 Å². The molecule has 8 heteroatoms. The third kappa shape index (κ3) is 4.32. The quantitative estimate of drug-likeness (QED) is 0.669. The average molecular weight is 413 g/mol. The van der Waals surface area contributed by atoms with Gasteiger partial charge in [-0.1, -0.05) is 36.0 Å². The Balaban J connectivity index is 1.28. The van der Waals surface area contributed by atoms with Crippen molar-refractivity contribution in [2.45, 2.75) is 32.6 Å². The highest BCUT2D eigenvalue weighted by atomic mass is 32.1. The van der Waals surface area contributed by atoms with Crippen LogP contribution in [-0.2, 0) is 6.42 Å². The molecule has 1 aliphatic heterocycles. The Morgan fingerprint density at radius 2 is 2.07 bits per heavy atom. The highest BCUT2D eigenvalue weighted by Crippen LogP contribution is 2.23. The lowest BCUT2D eigenvalue weighted by Crippen LogP contribution is -2.41. The molecule has 2 aromatic heterocycles. The monoisotopic (exact) mass is 412 g/mol. The molecule has 0 unspecified atom stereocenters. The van der Waals surface area contributed by atoms with Crippen LogP contribution in [0.2, 0.25) is 0 Å². The lowest BCUT2D eigenvalue weighted by molar-refractivity contribution is 0.0655. The summed E-state index contributed by atoms with van der Waals surface area (Å²) in [5.74, 6) is 0.584. The van der Waals surface area contributed by atoms with Crippen LogP contribution in [0.25, 0.3) is 11.0 Å². The zero-order valence-electron chi connectivity index (χ0n) is 16.4. The first-order chi connectivity index (χ1) is 14.2. The first-order valence-corrected chi connectivity index (χ1v) is 10.8. The second-order valence-corrected chi connectivity index (χ2v) is 8.15. The Hall–Kier alpha value is -2.74. The van der Waals surface area contributed by atoms with Gasteiger partial charge in [-0.3, -0.25) is 9.59 Å². The van der Waals surface area contributed by atoms with Crippen LogP contribution >= 0.6 is 11.5 Å². The molecular formula is C21H24N4O3S. The van der Waals surface area contributed by atoms with E-state index in [4.69, 9.17) is 4.42 Å². The van der Waals surface area contributed by atoms with E-state index in [9.17, 15) is 9.59 Å². The Morgan fingerprint density at radius 1 is 1.28 bits per heavy atom. The van der Waals surface area contributed by atoms with Crippen molar-refractivity contribution < 1.29 is 14.0 Å². The number of piperidine rings is 1. The van der Waals surface area contributed by atoms with Crippen molar-refractivity contribution in [1.82, 2.24) is 19.8 Å². The number of nitrogens with zero attached hydrogens (tertiary/aromatic N) is 3. The zero-order valence-corrected chi connectivity index (χ0v) is 17.2. The fraction of sp³-hybridized carbons (Fsp3) is 0.429. The Morgan fingerprint density at radius 3 is 2.83 bits per heavy atom. The van der Waals surface area contributed by atoms with Gasteiger partial charge < -0.3 is 14.6 Å². The van der Waals surface area contributed by atoms with Gasteiger partial charge in [0.2, 0.25) is 0 Å². The van der Waals surface area contributed by atoms with Crippen molar-refractivity contribution in [1.29, 1.82) is 0 Å². The van der Waals surface area contributed by atoms with Crippen molar-refractivity contribution in [3.63, 3.8) is 0 Å². The molecule has 152 valence electrons. The van der Waals surface area contributed by atoms with E-state index >= 15 is 0 Å². The summed E-state index contributed by atoms with van der Waals surface area (Å²) in [5.41, 5.74) is 1.51. The number of hydrogen-bond acceptors (Lipinski definition) is 6. The highest BCUT2D eigenvalue weighted by Gasteiger charge is 2.26. The van der Waals surface area contributed by atoms with Gasteiger partial charge in [-0.15, -0.1) is 5.10 Å². The molecule has 2 amide bonds. The summed E-state index contributed by atoms with van der Waals surface area (Å²) in [6, 6.07) is 9.44. The largest absolute Gasteiger partial charge is 0.451 e. The lowest BCUT2D eigenvalue weighted by Gasteiger charge is -2.31. The number of furan rings is 1. The molecule has 3 heterocycles. The third-order valence-electron chi connectivity index (χ3n) is 5.34. The summed E-state index contributed by atoms with van der Waals surface area (Å²) in [5, 5.41) is 8.01. The summed E-state index contributed by atoms with van der Waals surface area (Å²) >= 11 is 1.15. The predicted octanol–water partition coefficient (Wildman–Crippen LogP) is 3.52. The van der Waals surface area contributed by atoms with Crippen molar-refractivity contribution in [2.24, 2.45) is 5.92 Å². The topological polar surface area (TPSA) is 88.3 Å². The molecule has 4 rings (SSSR count). The van der Waals surface area contributed by atoms with Crippen LogP contribution in [0.5, 0.6) is 0 Å². The molecule has 0 atom stereocenters. The van der Waals surface area contributed by atoms with Gasteiger partial charge >= 0.3 is 0 Å². The molecule has 1 aromatic carbocycles. The number of nitrogens with one attached hydrogen (secondary N) is 1. The first kappa shape index (κ1) is 19.6. The fourth-order valence-corrected chi connectivity index (χ4v) is 4.31. The number of hydrogen-bond donors (Lipinski definition) is 1. The number of rotatable bonds is 6. The van der Waals surface area contributed by atoms with E-state index in [2.05, 4.69) is 21.8 Å². The summed E-state index contributed by atoms with van der Waals surface area (Å²) in [4.78, 5) is 27.6. The molecule has 0 saturated carbocycles. The molecule has 3 aromatic rings. The van der Waals surface area contributed by atoms with Crippen LogP contribution in [0.4, 0.5) is 0 Å². The van der Waals surface area contributed by atoms with Gasteiger partial charge in [0.15, 0.2) is 5.76 Å². The normalized spacial score (nSPS) is 15.0. The van der Waals surface area contributed by atoms with E-state index in [1.165, 1.54) is 0 Å². The standard InChI is InChI=1S/C21H24N4O3S/c1-2-5-16-19(29-24-23-16)20(26)22-13-14-8-10-25(11-9-14)21(27)18-12-15-6-3-4-7-17(15)28-18/h3-4,6-7,12,14H,2,5,8-11,13H2,1H3,(H,22,26). The van der Waals surface area contributed by atoms with Crippen LogP contribution in [0.15, 0.2) is 34.7 Å². The van der Waals surface area contributed by atoms with E-state index in [-0.39, 0.29) is 11.8 Å². The molecule has 1 N–H and O–H groups in total.